The maximum atomic E-state index is 12.7. The highest BCUT2D eigenvalue weighted by atomic mass is 16.2. The molecular weight excluding hydrogens is 262 g/mol. The largest absolute Gasteiger partial charge is 0.338 e. The van der Waals surface area contributed by atoms with Crippen molar-refractivity contribution in [3.8, 4) is 11.1 Å². The molecule has 4 nitrogen and oxygen atoms in total. The fourth-order valence-electron chi connectivity index (χ4n) is 3.80. The lowest BCUT2D eigenvalue weighted by molar-refractivity contribution is 0.0662. The molecule has 2 aromatic rings. The Labute approximate surface area is 124 Å². The zero-order valence-corrected chi connectivity index (χ0v) is 12.0. The molecule has 4 rings (SSSR count). The summed E-state index contributed by atoms with van der Waals surface area (Å²) in [7, 11) is 0. The fraction of sp³-hybridized carbons (Fsp3) is 0.412. The van der Waals surface area contributed by atoms with E-state index in [1.807, 2.05) is 30.5 Å². The summed E-state index contributed by atoms with van der Waals surface area (Å²) >= 11 is 0. The van der Waals surface area contributed by atoms with E-state index in [2.05, 4.69) is 15.1 Å². The Morgan fingerprint density at radius 2 is 2.00 bits per heavy atom. The fourth-order valence-corrected chi connectivity index (χ4v) is 3.80. The molecule has 1 aliphatic carbocycles. The second-order valence-electron chi connectivity index (χ2n) is 6.32. The van der Waals surface area contributed by atoms with Crippen LogP contribution in [-0.2, 0) is 0 Å². The number of piperidine rings is 1. The van der Waals surface area contributed by atoms with Gasteiger partial charge in [0, 0.05) is 30.4 Å². The normalized spacial score (nSPS) is 24.3. The lowest BCUT2D eigenvalue weighted by atomic mass is 9.97. The van der Waals surface area contributed by atoms with Crippen molar-refractivity contribution >= 4 is 5.91 Å². The van der Waals surface area contributed by atoms with Crippen molar-refractivity contribution in [3.05, 3.63) is 42.2 Å². The molecule has 1 aromatic heterocycles. The number of amides is 1. The number of aromatic nitrogens is 2. The summed E-state index contributed by atoms with van der Waals surface area (Å²) in [6, 6.07) is 7.86. The molecule has 2 bridgehead atoms. The lowest BCUT2D eigenvalue weighted by Gasteiger charge is -2.32. The van der Waals surface area contributed by atoms with Crippen LogP contribution in [0.3, 0.4) is 0 Å². The van der Waals surface area contributed by atoms with Gasteiger partial charge in [-0.3, -0.25) is 9.89 Å². The summed E-state index contributed by atoms with van der Waals surface area (Å²) in [5.74, 6) is 1.63. The maximum Gasteiger partial charge on any atom is 0.253 e. The number of carbonyl (C=O) groups is 1. The van der Waals surface area contributed by atoms with Crippen molar-refractivity contribution in [2.24, 2.45) is 11.8 Å². The molecule has 108 valence electrons. The molecular formula is C17H19N3O. The number of hydrogen-bond donors (Lipinski definition) is 1. The third-order valence-electron chi connectivity index (χ3n) is 4.84. The van der Waals surface area contributed by atoms with E-state index in [0.29, 0.717) is 0 Å². The van der Waals surface area contributed by atoms with Gasteiger partial charge in [0.05, 0.1) is 6.20 Å². The number of likely N-dealkylation sites (tertiary alicyclic amines) is 1. The molecule has 1 aromatic carbocycles. The molecule has 21 heavy (non-hydrogen) atoms. The Morgan fingerprint density at radius 1 is 1.19 bits per heavy atom. The van der Waals surface area contributed by atoms with Crippen LogP contribution in [0.2, 0.25) is 0 Å². The lowest BCUT2D eigenvalue weighted by Crippen LogP contribution is -2.40. The predicted octanol–water partition coefficient (Wildman–Crippen LogP) is 2.95. The van der Waals surface area contributed by atoms with Gasteiger partial charge in [0.25, 0.3) is 5.91 Å². The number of nitrogens with zero attached hydrogens (tertiary/aromatic N) is 2. The van der Waals surface area contributed by atoms with Gasteiger partial charge >= 0.3 is 0 Å². The number of rotatable bonds is 2. The van der Waals surface area contributed by atoms with Crippen LogP contribution in [-0.4, -0.2) is 34.1 Å². The van der Waals surface area contributed by atoms with Crippen molar-refractivity contribution in [2.45, 2.75) is 19.3 Å². The van der Waals surface area contributed by atoms with Crippen LogP contribution in [0.5, 0.6) is 0 Å². The predicted molar refractivity (Wildman–Crippen MR) is 80.8 cm³/mol. The van der Waals surface area contributed by atoms with Crippen molar-refractivity contribution in [1.82, 2.24) is 15.1 Å². The second kappa shape index (κ2) is 5.02. The van der Waals surface area contributed by atoms with Crippen LogP contribution in [0.15, 0.2) is 36.7 Å². The molecule has 1 amide bonds. The first kappa shape index (κ1) is 12.6. The highest BCUT2D eigenvalue weighted by Gasteiger charge is 2.35. The Hall–Kier alpha value is -2.10. The minimum atomic E-state index is 0.178. The Morgan fingerprint density at radius 3 is 2.71 bits per heavy atom. The molecule has 2 heterocycles. The maximum absolute atomic E-state index is 12.7. The molecule has 4 heteroatoms. The number of fused-ring (bicyclic) bond motifs is 2. The van der Waals surface area contributed by atoms with Gasteiger partial charge in [-0.1, -0.05) is 12.1 Å². The second-order valence-corrected chi connectivity index (χ2v) is 6.32. The van der Waals surface area contributed by atoms with E-state index in [4.69, 9.17) is 0 Å². The molecule has 1 saturated carbocycles. The van der Waals surface area contributed by atoms with Crippen molar-refractivity contribution in [3.63, 3.8) is 0 Å². The number of H-pyrrole nitrogens is 1. The van der Waals surface area contributed by atoms with Crippen LogP contribution in [0.1, 0.15) is 29.6 Å². The van der Waals surface area contributed by atoms with Crippen molar-refractivity contribution < 1.29 is 4.79 Å². The number of aromatic amines is 1. The SMILES string of the molecule is O=C(c1cccc(-c2cn[nH]c2)c1)N1C[C@@H]2CC[C@@H](C2)C1. The Bertz CT molecular complexity index is 638. The third-order valence-corrected chi connectivity index (χ3v) is 4.84. The van der Waals surface area contributed by atoms with Gasteiger partial charge in [0.1, 0.15) is 0 Å². The summed E-state index contributed by atoms with van der Waals surface area (Å²) in [4.78, 5) is 14.8. The standard InChI is InChI=1S/C17H19N3O/c21-17(20-10-12-4-5-13(6-12)11-20)15-3-1-2-14(7-15)16-8-18-19-9-16/h1-3,7-9,12-13H,4-6,10-11H2,(H,18,19)/t12-,13+. The number of nitrogens with one attached hydrogen (secondary N) is 1. The molecule has 2 aliphatic rings. The first-order valence-electron chi connectivity index (χ1n) is 7.68. The zero-order valence-electron chi connectivity index (χ0n) is 12.0. The van der Waals surface area contributed by atoms with Gasteiger partial charge in [-0.25, -0.2) is 0 Å². The van der Waals surface area contributed by atoms with E-state index in [9.17, 15) is 4.79 Å². The summed E-state index contributed by atoms with van der Waals surface area (Å²) in [6.07, 6.45) is 7.54. The van der Waals surface area contributed by atoms with Crippen LogP contribution in [0.25, 0.3) is 11.1 Å². The van der Waals surface area contributed by atoms with Crippen LogP contribution in [0, 0.1) is 11.8 Å². The topological polar surface area (TPSA) is 49.0 Å². The van der Waals surface area contributed by atoms with E-state index < -0.39 is 0 Å². The van der Waals surface area contributed by atoms with E-state index in [1.165, 1.54) is 19.3 Å². The van der Waals surface area contributed by atoms with Gasteiger partial charge in [-0.15, -0.1) is 0 Å². The van der Waals surface area contributed by atoms with Gasteiger partial charge in [-0.2, -0.15) is 5.10 Å². The number of carbonyl (C=O) groups excluding carboxylic acids is 1. The van der Waals surface area contributed by atoms with Crippen molar-refractivity contribution in [2.75, 3.05) is 13.1 Å². The molecule has 1 N–H and O–H groups in total. The minimum absolute atomic E-state index is 0.178. The average Bonchev–Trinajstić information content (AvgIpc) is 3.16. The van der Waals surface area contributed by atoms with Crippen LogP contribution >= 0.6 is 0 Å². The highest BCUT2D eigenvalue weighted by Crippen LogP contribution is 2.36. The zero-order chi connectivity index (χ0) is 14.2. The minimum Gasteiger partial charge on any atom is -0.338 e. The highest BCUT2D eigenvalue weighted by molar-refractivity contribution is 5.95. The van der Waals surface area contributed by atoms with Crippen LogP contribution in [0.4, 0.5) is 0 Å². The van der Waals surface area contributed by atoms with Gasteiger partial charge in [-0.05, 0) is 48.8 Å². The molecule has 2 fully saturated rings. The summed E-state index contributed by atoms with van der Waals surface area (Å²) in [5.41, 5.74) is 2.84. The molecule has 0 unspecified atom stereocenters. The monoisotopic (exact) mass is 281 g/mol. The molecule has 0 spiro atoms. The average molecular weight is 281 g/mol. The first-order valence-corrected chi connectivity index (χ1v) is 7.68. The van der Waals surface area contributed by atoms with E-state index >= 15 is 0 Å². The molecule has 1 aliphatic heterocycles. The summed E-state index contributed by atoms with van der Waals surface area (Å²) in [6.45, 7) is 1.87. The number of hydrogen-bond acceptors (Lipinski definition) is 2. The van der Waals surface area contributed by atoms with Gasteiger partial charge < -0.3 is 4.90 Å². The number of benzene rings is 1. The third kappa shape index (κ3) is 2.35. The summed E-state index contributed by atoms with van der Waals surface area (Å²) in [5, 5.41) is 6.79. The Kier molecular flexibility index (Phi) is 3.02. The first-order chi connectivity index (χ1) is 10.3. The quantitative estimate of drug-likeness (QED) is 0.920. The van der Waals surface area contributed by atoms with Gasteiger partial charge in [0.15, 0.2) is 0 Å². The van der Waals surface area contributed by atoms with E-state index in [-0.39, 0.29) is 5.91 Å². The molecule has 1 saturated heterocycles. The van der Waals surface area contributed by atoms with Crippen LogP contribution < -0.4 is 0 Å². The molecule has 2 atom stereocenters. The summed E-state index contributed by atoms with van der Waals surface area (Å²) < 4.78 is 0. The van der Waals surface area contributed by atoms with E-state index in [0.717, 1.165) is 41.6 Å². The smallest absolute Gasteiger partial charge is 0.253 e. The Balaban J connectivity index is 1.58. The van der Waals surface area contributed by atoms with E-state index in [1.54, 1.807) is 6.20 Å². The van der Waals surface area contributed by atoms with Crippen molar-refractivity contribution in [1.29, 1.82) is 0 Å². The van der Waals surface area contributed by atoms with Gasteiger partial charge in [0.2, 0.25) is 0 Å². The molecule has 0 radical (unpaired) electrons.